The minimum atomic E-state index is -1.64. The van der Waals surface area contributed by atoms with Crippen molar-refractivity contribution in [3.8, 4) is 0 Å². The molecule has 0 aliphatic carbocycles. The lowest BCUT2D eigenvalue weighted by Gasteiger charge is -2.26. The fourth-order valence-corrected chi connectivity index (χ4v) is 7.90. The Labute approximate surface area is 460 Å². The molecule has 0 saturated heterocycles. The van der Waals surface area contributed by atoms with Gasteiger partial charge in [-0.1, -0.05) is 226 Å². The maximum absolute atomic E-state index is 12.9. The number of ether oxygens (including phenoxy) is 4. The van der Waals surface area contributed by atoms with Crippen LogP contribution in [0, 0.1) is 0 Å². The van der Waals surface area contributed by atoms with Crippen molar-refractivity contribution in [1.82, 2.24) is 0 Å². The zero-order valence-corrected chi connectivity index (χ0v) is 48.6. The lowest BCUT2D eigenvalue weighted by molar-refractivity contribution is -0.870. The molecule has 0 bridgehead atoms. The number of likely N-dealkylation sites (N-methyl/N-ethyl adjacent to an activating group) is 1. The maximum Gasteiger partial charge on any atom is 0.306 e. The number of carboxylic acid groups (broad SMARTS) is 1. The number of quaternary nitrogens is 1. The molecule has 0 aromatic carbocycles. The third-order valence-electron chi connectivity index (χ3n) is 12.5. The summed E-state index contributed by atoms with van der Waals surface area (Å²) in [5.74, 6) is -2.33. The van der Waals surface area contributed by atoms with Gasteiger partial charge < -0.3 is 33.3 Å². The van der Waals surface area contributed by atoms with Crippen molar-refractivity contribution < 1.29 is 42.9 Å². The van der Waals surface area contributed by atoms with Gasteiger partial charge in [-0.15, -0.1) is 0 Å². The first-order valence-corrected chi connectivity index (χ1v) is 30.0. The molecule has 0 spiro atoms. The monoisotopic (exact) mass is 1050 g/mol. The predicted molar refractivity (Wildman–Crippen MR) is 315 cm³/mol. The number of carboxylic acids is 1. The average molecular weight is 1050 g/mol. The lowest BCUT2D eigenvalue weighted by Crippen LogP contribution is -2.44. The number of carbonyl (C=O) groups excluding carboxylic acids is 3. The molecule has 0 rings (SSSR count). The summed E-state index contributed by atoms with van der Waals surface area (Å²) in [6, 6.07) is 0. The van der Waals surface area contributed by atoms with Gasteiger partial charge in [-0.2, -0.15) is 0 Å². The van der Waals surface area contributed by atoms with Crippen molar-refractivity contribution in [3.05, 3.63) is 109 Å². The van der Waals surface area contributed by atoms with E-state index in [9.17, 15) is 19.5 Å². The Balaban J connectivity index is 4.30. The third kappa shape index (κ3) is 57.5. The van der Waals surface area contributed by atoms with Crippen LogP contribution in [0.1, 0.15) is 232 Å². The number of allylic oxidation sites excluding steroid dienone is 18. The van der Waals surface area contributed by atoms with Crippen molar-refractivity contribution in [3.63, 3.8) is 0 Å². The zero-order chi connectivity index (χ0) is 54.8. The van der Waals surface area contributed by atoms with Crippen molar-refractivity contribution in [2.75, 3.05) is 47.5 Å². The number of rotatable bonds is 54. The molecule has 9 heteroatoms. The summed E-state index contributed by atoms with van der Waals surface area (Å²) in [5, 5.41) is 11.8. The van der Waals surface area contributed by atoms with E-state index in [1.807, 2.05) is 21.1 Å². The van der Waals surface area contributed by atoms with Crippen molar-refractivity contribution in [2.45, 2.75) is 245 Å². The van der Waals surface area contributed by atoms with Gasteiger partial charge in [-0.05, 0) is 103 Å². The van der Waals surface area contributed by atoms with E-state index in [0.29, 0.717) is 17.4 Å². The maximum atomic E-state index is 12.9. The number of hydrogen-bond acceptors (Lipinski definition) is 8. The van der Waals surface area contributed by atoms with Gasteiger partial charge >= 0.3 is 11.9 Å². The van der Waals surface area contributed by atoms with E-state index in [1.54, 1.807) is 0 Å². The van der Waals surface area contributed by atoms with E-state index in [2.05, 4.69) is 123 Å². The van der Waals surface area contributed by atoms with Crippen LogP contribution in [-0.2, 0) is 33.3 Å². The number of carbonyl (C=O) groups is 3. The molecule has 0 N–H and O–H groups in total. The van der Waals surface area contributed by atoms with E-state index in [1.165, 1.54) is 103 Å². The molecule has 2 unspecified atom stereocenters. The molecular weight excluding hydrogens is 935 g/mol. The SMILES string of the molecule is CC/C=C\C/C=C\C/C=C\C/C=C\C/C=C\C/C=C\CCCCCCC(=O)OC(COC(=O)CCCCCCCCCCCCCC/C=C\C/C=C\C/C=C\CCCCCCC)COC(OCC[N+](C)(C)C)C(=O)[O-]. The lowest BCUT2D eigenvalue weighted by atomic mass is 10.0. The Morgan fingerprint density at radius 3 is 1.13 bits per heavy atom. The quantitative estimate of drug-likeness (QED) is 0.0195. The third-order valence-corrected chi connectivity index (χ3v) is 12.5. The normalized spacial score (nSPS) is 13.6. The van der Waals surface area contributed by atoms with Gasteiger partial charge in [0.25, 0.3) is 0 Å². The highest BCUT2D eigenvalue weighted by atomic mass is 16.7. The van der Waals surface area contributed by atoms with Crippen LogP contribution in [0.25, 0.3) is 0 Å². The first kappa shape index (κ1) is 71.0. The molecule has 2 atom stereocenters. The number of nitrogens with zero attached hydrogens (tertiary/aromatic N) is 1. The minimum Gasteiger partial charge on any atom is -0.545 e. The summed E-state index contributed by atoms with van der Waals surface area (Å²) >= 11 is 0. The zero-order valence-electron chi connectivity index (χ0n) is 48.6. The summed E-state index contributed by atoms with van der Waals surface area (Å²) in [6.07, 6.45) is 74.2. The van der Waals surface area contributed by atoms with Crippen LogP contribution in [-0.4, -0.2) is 82.3 Å². The smallest absolute Gasteiger partial charge is 0.306 e. The molecule has 0 saturated carbocycles. The molecule has 428 valence electrons. The first-order chi connectivity index (χ1) is 36.6. The highest BCUT2D eigenvalue weighted by Crippen LogP contribution is 2.15. The van der Waals surface area contributed by atoms with Crippen LogP contribution in [0.4, 0.5) is 0 Å². The highest BCUT2D eigenvalue weighted by molar-refractivity contribution is 5.70. The van der Waals surface area contributed by atoms with E-state index in [4.69, 9.17) is 18.9 Å². The Bertz CT molecular complexity index is 1590. The second-order valence-electron chi connectivity index (χ2n) is 20.9. The first-order valence-electron chi connectivity index (χ1n) is 30.0. The molecule has 0 aliphatic heterocycles. The van der Waals surface area contributed by atoms with Gasteiger partial charge in [-0.25, -0.2) is 0 Å². The molecule has 0 aromatic heterocycles. The summed E-state index contributed by atoms with van der Waals surface area (Å²) in [6.45, 7) is 4.58. The average Bonchev–Trinajstić information content (AvgIpc) is 3.38. The van der Waals surface area contributed by atoms with E-state index in [0.717, 1.165) is 96.3 Å². The fourth-order valence-electron chi connectivity index (χ4n) is 7.90. The molecule has 9 nitrogen and oxygen atoms in total. The largest absolute Gasteiger partial charge is 0.545 e. The summed E-state index contributed by atoms with van der Waals surface area (Å²) in [7, 11) is 5.90. The summed E-state index contributed by atoms with van der Waals surface area (Å²) in [5.41, 5.74) is 0. The Hall–Kier alpha value is -4.05. The molecule has 0 radical (unpaired) electrons. The van der Waals surface area contributed by atoms with Crippen LogP contribution in [0.3, 0.4) is 0 Å². The molecule has 0 aromatic rings. The van der Waals surface area contributed by atoms with Gasteiger partial charge in [0.15, 0.2) is 12.4 Å². The fraction of sp³-hybridized carbons (Fsp3) is 0.682. The van der Waals surface area contributed by atoms with Crippen LogP contribution >= 0.6 is 0 Å². The molecule has 0 heterocycles. The second kappa shape index (κ2) is 56.2. The second-order valence-corrected chi connectivity index (χ2v) is 20.9. The number of unbranched alkanes of at least 4 members (excludes halogenated alkanes) is 21. The summed E-state index contributed by atoms with van der Waals surface area (Å²) in [4.78, 5) is 37.3. The Kier molecular flexibility index (Phi) is 53.1. The molecule has 0 aliphatic rings. The number of aliphatic carboxylic acids is 1. The minimum absolute atomic E-state index is 0.136. The van der Waals surface area contributed by atoms with E-state index >= 15 is 0 Å². The van der Waals surface area contributed by atoms with Gasteiger partial charge in [0, 0.05) is 12.8 Å². The molecule has 75 heavy (non-hydrogen) atoms. The topological polar surface area (TPSA) is 111 Å². The van der Waals surface area contributed by atoms with Crippen LogP contribution in [0.5, 0.6) is 0 Å². The van der Waals surface area contributed by atoms with E-state index in [-0.39, 0.29) is 38.6 Å². The standard InChI is InChI=1S/C66H111NO8/c1-6-8-10-12-14-16-18-20-22-24-26-28-30-31-32-33-35-36-38-40-42-44-46-48-50-52-54-56-63(68)73-60-62(61-74-66(65(70)71)72-59-58-67(3,4)5)75-64(69)57-55-53-51-49-47-45-43-41-39-37-34-29-27-25-23-21-19-17-15-13-11-9-7-2/h9,11,15,17-18,20-21,23-24,26-27,29-31,37,39,43,45,62,66H,6-8,10,12-14,16,19,22,25,28,32-36,38,40-42,44,46-61H2,1-5H3/b11-9-,17-15-,20-18-,23-21-,26-24-,29-27-,31-30-,39-37-,45-43-. The van der Waals surface area contributed by atoms with Crippen molar-refractivity contribution >= 4 is 17.9 Å². The van der Waals surface area contributed by atoms with Crippen LogP contribution in [0.2, 0.25) is 0 Å². The van der Waals surface area contributed by atoms with Crippen LogP contribution < -0.4 is 5.11 Å². The predicted octanol–water partition coefficient (Wildman–Crippen LogP) is 16.6. The van der Waals surface area contributed by atoms with E-state index < -0.39 is 24.3 Å². The Morgan fingerprint density at radius 2 is 0.760 bits per heavy atom. The van der Waals surface area contributed by atoms with Gasteiger partial charge in [0.1, 0.15) is 13.2 Å². The van der Waals surface area contributed by atoms with Crippen molar-refractivity contribution in [1.29, 1.82) is 0 Å². The number of hydrogen-bond donors (Lipinski definition) is 0. The summed E-state index contributed by atoms with van der Waals surface area (Å²) < 4.78 is 22.7. The highest BCUT2D eigenvalue weighted by Gasteiger charge is 2.22. The Morgan fingerprint density at radius 1 is 0.413 bits per heavy atom. The van der Waals surface area contributed by atoms with Gasteiger partial charge in [-0.3, -0.25) is 9.59 Å². The van der Waals surface area contributed by atoms with Gasteiger partial charge in [0.2, 0.25) is 0 Å². The molecular formula is C66H111NO8. The van der Waals surface area contributed by atoms with Crippen LogP contribution in [0.15, 0.2) is 109 Å². The number of esters is 2. The van der Waals surface area contributed by atoms with Crippen molar-refractivity contribution in [2.24, 2.45) is 0 Å². The molecule has 0 fully saturated rings. The molecule has 0 amide bonds. The van der Waals surface area contributed by atoms with Gasteiger partial charge in [0.05, 0.1) is 40.3 Å².